The summed E-state index contributed by atoms with van der Waals surface area (Å²) in [6, 6.07) is 1.32. The Hall–Kier alpha value is -0.380. The number of hydrogen-bond donors (Lipinski definition) is 0. The van der Waals surface area contributed by atoms with Crippen LogP contribution in [-0.2, 0) is 4.29 Å². The molecule has 0 unspecified atom stereocenters. The maximum atomic E-state index is 9.43. The van der Waals surface area contributed by atoms with E-state index in [-0.39, 0.29) is 0 Å². The van der Waals surface area contributed by atoms with Crippen LogP contribution in [0.5, 0.6) is 0 Å². The SMILES string of the molecule is N#CCO[Cl+3]([O-])([O-])[O-]. The minimum atomic E-state index is -4.41. The van der Waals surface area contributed by atoms with Gasteiger partial charge < -0.3 is 0 Å². The molecule has 0 saturated heterocycles. The number of halogens is 1. The smallest absolute Gasteiger partial charge is 0.195 e. The maximum Gasteiger partial charge on any atom is 0.288 e. The van der Waals surface area contributed by atoms with E-state index in [9.17, 15) is 14.0 Å². The highest BCUT2D eigenvalue weighted by Crippen LogP contribution is 1.83. The van der Waals surface area contributed by atoms with Crippen molar-refractivity contribution in [2.24, 2.45) is 0 Å². The molecule has 0 fully saturated rings. The van der Waals surface area contributed by atoms with E-state index in [0.29, 0.717) is 0 Å². The zero-order valence-electron chi connectivity index (χ0n) is 3.67. The second kappa shape index (κ2) is 2.81. The molecule has 0 aromatic carbocycles. The average Bonchev–Trinajstić information content (AvgIpc) is 1.59. The molecule has 0 heterocycles. The lowest BCUT2D eigenvalue weighted by Gasteiger charge is -2.09. The predicted molar refractivity (Wildman–Crippen MR) is 11.6 cm³/mol. The number of hydrogen-bond acceptors (Lipinski definition) is 5. The van der Waals surface area contributed by atoms with Crippen LogP contribution in [0.25, 0.3) is 0 Å². The molecule has 0 aliphatic rings. The topological polar surface area (TPSA) is 102 Å². The molecule has 0 bridgehead atoms. The van der Waals surface area contributed by atoms with Crippen molar-refractivity contribution in [2.45, 2.75) is 0 Å². The summed E-state index contributed by atoms with van der Waals surface area (Å²) in [4.78, 5) is 0. The molecular weight excluding hydrogens is 137 g/mol. The first-order chi connectivity index (χ1) is 3.56. The summed E-state index contributed by atoms with van der Waals surface area (Å²) in [5, 5.41) is 7.65. The molecule has 0 spiro atoms. The molecular formula is C2H2ClNO4. The van der Waals surface area contributed by atoms with E-state index in [0.717, 1.165) is 0 Å². The third-order valence-electron chi connectivity index (χ3n) is 0.253. The van der Waals surface area contributed by atoms with E-state index >= 15 is 0 Å². The van der Waals surface area contributed by atoms with E-state index in [1.165, 1.54) is 6.07 Å². The van der Waals surface area contributed by atoms with Crippen LogP contribution in [0.4, 0.5) is 0 Å². The third-order valence-corrected chi connectivity index (χ3v) is 0.629. The summed E-state index contributed by atoms with van der Waals surface area (Å²) < 4.78 is 31.7. The highest BCUT2D eigenvalue weighted by molar-refractivity contribution is 4.64. The van der Waals surface area contributed by atoms with Crippen LogP contribution < -0.4 is 14.0 Å². The van der Waals surface area contributed by atoms with E-state index in [4.69, 9.17) is 5.26 Å². The molecule has 0 radical (unpaired) electrons. The summed E-state index contributed by atoms with van der Waals surface area (Å²) in [5.74, 6) is 0. The monoisotopic (exact) mass is 139 g/mol. The fourth-order valence-corrected chi connectivity index (χ4v) is 0.274. The van der Waals surface area contributed by atoms with Crippen molar-refractivity contribution in [3.05, 3.63) is 0 Å². The molecule has 0 aromatic heterocycles. The van der Waals surface area contributed by atoms with Crippen molar-refractivity contribution in [1.82, 2.24) is 0 Å². The summed E-state index contributed by atoms with van der Waals surface area (Å²) >= 11 is 0. The van der Waals surface area contributed by atoms with Gasteiger partial charge in [-0.3, -0.25) is 0 Å². The van der Waals surface area contributed by atoms with E-state index in [2.05, 4.69) is 4.29 Å². The molecule has 0 aliphatic carbocycles. The molecule has 0 aromatic rings. The summed E-state index contributed by atoms with van der Waals surface area (Å²) in [6.45, 7) is -0.729. The van der Waals surface area contributed by atoms with Gasteiger partial charge >= 0.3 is 0 Å². The molecule has 5 nitrogen and oxygen atoms in total. The molecule has 0 saturated carbocycles. The van der Waals surface area contributed by atoms with Gasteiger partial charge in [-0.05, 0) is 0 Å². The van der Waals surface area contributed by atoms with E-state index in [1.54, 1.807) is 0 Å². The van der Waals surface area contributed by atoms with Gasteiger partial charge in [0.1, 0.15) is 6.07 Å². The Morgan fingerprint density at radius 1 is 1.50 bits per heavy atom. The fourth-order valence-electron chi connectivity index (χ4n) is 0.0912. The van der Waals surface area contributed by atoms with Gasteiger partial charge in [-0.2, -0.15) is 19.2 Å². The zero-order valence-corrected chi connectivity index (χ0v) is 4.42. The number of nitriles is 1. The van der Waals surface area contributed by atoms with Crippen molar-refractivity contribution in [1.29, 1.82) is 5.26 Å². The van der Waals surface area contributed by atoms with Gasteiger partial charge in [0.05, 0.1) is 14.5 Å². The van der Waals surface area contributed by atoms with Gasteiger partial charge in [-0.15, -0.1) is 0 Å². The van der Waals surface area contributed by atoms with Crippen LogP contribution in [0.2, 0.25) is 0 Å². The Balaban J connectivity index is 3.28. The largest absolute Gasteiger partial charge is 0.288 e. The Bertz CT molecular complexity index is 102. The van der Waals surface area contributed by atoms with Crippen LogP contribution in [0.1, 0.15) is 0 Å². The molecule has 6 heteroatoms. The fraction of sp³-hybridized carbons (Fsp3) is 0.500. The van der Waals surface area contributed by atoms with Gasteiger partial charge in [0.15, 0.2) is 0 Å². The van der Waals surface area contributed by atoms with Crippen LogP contribution in [0, 0.1) is 21.6 Å². The first-order valence-corrected chi connectivity index (χ1v) is 2.72. The maximum absolute atomic E-state index is 9.43. The molecule has 46 valence electrons. The minimum absolute atomic E-state index is 0.729. The highest BCUT2D eigenvalue weighted by atomic mass is 35.7. The van der Waals surface area contributed by atoms with Crippen molar-refractivity contribution in [3.8, 4) is 6.07 Å². The van der Waals surface area contributed by atoms with E-state index in [1.807, 2.05) is 0 Å². The highest BCUT2D eigenvalue weighted by Gasteiger charge is 2.14. The van der Waals surface area contributed by atoms with Crippen LogP contribution >= 0.6 is 0 Å². The van der Waals surface area contributed by atoms with Gasteiger partial charge in [-0.1, -0.05) is 0 Å². The minimum Gasteiger partial charge on any atom is -0.195 e. The predicted octanol–water partition coefficient (Wildman–Crippen LogP) is -3.58. The number of nitrogens with zero attached hydrogens (tertiary/aromatic N) is 1. The van der Waals surface area contributed by atoms with Gasteiger partial charge in [0.25, 0.3) is 6.61 Å². The first-order valence-electron chi connectivity index (χ1n) is 1.48. The lowest BCUT2D eigenvalue weighted by atomic mass is 10.9. The Morgan fingerprint density at radius 3 is 2.12 bits per heavy atom. The summed E-state index contributed by atoms with van der Waals surface area (Å²) in [7, 11) is -4.41. The second-order valence-corrected chi connectivity index (χ2v) is 1.76. The average molecular weight is 139 g/mol. The normalized spacial score (nSPS) is 10.8. The lowest BCUT2D eigenvalue weighted by molar-refractivity contribution is -1.92. The van der Waals surface area contributed by atoms with Crippen molar-refractivity contribution in [2.75, 3.05) is 6.61 Å². The summed E-state index contributed by atoms with van der Waals surface area (Å²) in [5.41, 5.74) is 0. The number of rotatable bonds is 2. The van der Waals surface area contributed by atoms with E-state index < -0.39 is 16.9 Å². The van der Waals surface area contributed by atoms with Crippen molar-refractivity contribution in [3.63, 3.8) is 0 Å². The van der Waals surface area contributed by atoms with Crippen molar-refractivity contribution < 1.29 is 28.5 Å². The third kappa shape index (κ3) is 5.62. The molecule has 0 aliphatic heterocycles. The molecule has 0 amide bonds. The van der Waals surface area contributed by atoms with Crippen LogP contribution in [0.15, 0.2) is 0 Å². The zero-order chi connectivity index (χ0) is 6.62. The van der Waals surface area contributed by atoms with Crippen LogP contribution in [-0.4, -0.2) is 6.61 Å². The standard InChI is InChI=1S/C2H2ClNO4/c4-1-2-8-3(5,6)7/h2H2. The quantitative estimate of drug-likeness (QED) is 0.394. The molecule has 8 heavy (non-hydrogen) atoms. The first kappa shape index (κ1) is 7.62. The Labute approximate surface area is 47.5 Å². The Kier molecular flexibility index (Phi) is 2.68. The van der Waals surface area contributed by atoms with Crippen molar-refractivity contribution >= 4 is 0 Å². The molecule has 0 atom stereocenters. The second-order valence-electron chi connectivity index (χ2n) is 0.790. The summed E-state index contributed by atoms with van der Waals surface area (Å²) in [6.07, 6.45) is 0. The lowest BCUT2D eigenvalue weighted by Crippen LogP contribution is -2.60. The molecule has 0 N–H and O–H groups in total. The van der Waals surface area contributed by atoms with Gasteiger partial charge in [-0.25, -0.2) is 0 Å². The van der Waals surface area contributed by atoms with Gasteiger partial charge in [0, 0.05) is 0 Å². The Morgan fingerprint density at radius 2 is 2.00 bits per heavy atom. The van der Waals surface area contributed by atoms with Crippen LogP contribution in [0.3, 0.4) is 0 Å². The molecule has 0 rings (SSSR count). The van der Waals surface area contributed by atoms with Gasteiger partial charge in [0.2, 0.25) is 0 Å².